The van der Waals surface area contributed by atoms with E-state index in [9.17, 15) is 4.79 Å². The van der Waals surface area contributed by atoms with Crippen LogP contribution in [-0.2, 0) is 5.54 Å². The van der Waals surface area contributed by atoms with Crippen molar-refractivity contribution in [3.05, 3.63) is 22.7 Å². The highest BCUT2D eigenvalue weighted by Gasteiger charge is 2.34. The Kier molecular flexibility index (Phi) is 3.67. The first kappa shape index (κ1) is 14.1. The molecular formula is C14H24N4O. The highest BCUT2D eigenvalue weighted by atomic mass is 16.1. The van der Waals surface area contributed by atoms with Gasteiger partial charge >= 0.3 is 0 Å². The Labute approximate surface area is 114 Å². The Bertz CT molecular complexity index is 499. The van der Waals surface area contributed by atoms with Gasteiger partial charge < -0.3 is 15.2 Å². The Morgan fingerprint density at radius 3 is 2.63 bits per heavy atom. The first-order valence-corrected chi connectivity index (χ1v) is 6.87. The van der Waals surface area contributed by atoms with Gasteiger partial charge in [0.15, 0.2) is 5.82 Å². The van der Waals surface area contributed by atoms with Crippen molar-refractivity contribution in [2.75, 3.05) is 18.5 Å². The fraction of sp³-hybridized carbons (Fsp3) is 0.714. The fourth-order valence-corrected chi connectivity index (χ4v) is 2.48. The zero-order valence-corrected chi connectivity index (χ0v) is 12.3. The fourth-order valence-electron chi connectivity index (χ4n) is 2.48. The number of nitrogens with two attached hydrogens (primary N) is 1. The van der Waals surface area contributed by atoms with Gasteiger partial charge in [-0.3, -0.25) is 4.79 Å². The minimum Gasteiger partial charge on any atom is -0.351 e. The molecule has 0 aliphatic heterocycles. The molecular weight excluding hydrogens is 240 g/mol. The van der Waals surface area contributed by atoms with Crippen LogP contribution in [0, 0.1) is 5.92 Å². The molecule has 1 fully saturated rings. The molecule has 2 N–H and O–H groups in total. The molecule has 2 rings (SSSR count). The molecule has 0 radical (unpaired) electrons. The van der Waals surface area contributed by atoms with Crippen molar-refractivity contribution in [2.24, 2.45) is 11.7 Å². The summed E-state index contributed by atoms with van der Waals surface area (Å²) in [5.74, 6) is 1.11. The van der Waals surface area contributed by atoms with Gasteiger partial charge in [-0.25, -0.2) is 4.98 Å². The van der Waals surface area contributed by atoms with E-state index in [-0.39, 0.29) is 17.1 Å². The van der Waals surface area contributed by atoms with Crippen LogP contribution in [0.5, 0.6) is 0 Å². The third-order valence-corrected chi connectivity index (χ3v) is 3.78. The molecule has 0 bridgehead atoms. The molecule has 0 aromatic carbocycles. The maximum Gasteiger partial charge on any atom is 0.293 e. The van der Waals surface area contributed by atoms with Crippen LogP contribution >= 0.6 is 0 Å². The van der Waals surface area contributed by atoms with E-state index in [0.717, 1.165) is 0 Å². The zero-order chi connectivity index (χ0) is 14.2. The van der Waals surface area contributed by atoms with Crippen molar-refractivity contribution in [2.45, 2.75) is 45.2 Å². The molecule has 1 heterocycles. The average molecular weight is 264 g/mol. The number of likely N-dealkylation sites (N-methyl/N-ethyl adjacent to an activating group) is 1. The summed E-state index contributed by atoms with van der Waals surface area (Å²) < 4.78 is 1.73. The molecule has 1 saturated carbocycles. The molecule has 0 amide bonds. The number of hydrogen-bond acceptors (Lipinski definition) is 4. The van der Waals surface area contributed by atoms with E-state index in [1.165, 1.54) is 12.8 Å². The van der Waals surface area contributed by atoms with E-state index in [4.69, 9.17) is 5.73 Å². The van der Waals surface area contributed by atoms with Crippen molar-refractivity contribution in [3.63, 3.8) is 0 Å². The molecule has 0 saturated heterocycles. The monoisotopic (exact) mass is 264 g/mol. The van der Waals surface area contributed by atoms with Gasteiger partial charge in [0.1, 0.15) is 0 Å². The summed E-state index contributed by atoms with van der Waals surface area (Å²) in [6.07, 6.45) is 5.84. The van der Waals surface area contributed by atoms with Gasteiger partial charge in [0.25, 0.3) is 5.56 Å². The molecule has 1 aromatic heterocycles. The lowest BCUT2D eigenvalue weighted by Crippen LogP contribution is -2.45. The number of nitrogens with zero attached hydrogens (tertiary/aromatic N) is 3. The molecule has 19 heavy (non-hydrogen) atoms. The van der Waals surface area contributed by atoms with Gasteiger partial charge in [0.05, 0.1) is 0 Å². The predicted octanol–water partition coefficient (Wildman–Crippen LogP) is 1.17. The molecule has 0 spiro atoms. The lowest BCUT2D eigenvalue weighted by molar-refractivity contribution is 0.381. The van der Waals surface area contributed by atoms with Gasteiger partial charge in [-0.15, -0.1) is 0 Å². The summed E-state index contributed by atoms with van der Waals surface area (Å²) in [7, 11) is 1.92. The molecule has 1 atom stereocenters. The van der Waals surface area contributed by atoms with Crippen LogP contribution in [-0.4, -0.2) is 29.2 Å². The SMILES string of the molecule is CN(c1nccn(C(C)(C)C)c1=O)C(CN)C1CC1. The van der Waals surface area contributed by atoms with E-state index in [1.807, 2.05) is 32.7 Å². The summed E-state index contributed by atoms with van der Waals surface area (Å²) in [6, 6.07) is 0.219. The average Bonchev–Trinajstić information content (AvgIpc) is 3.13. The molecule has 5 nitrogen and oxygen atoms in total. The number of aromatic nitrogens is 2. The van der Waals surface area contributed by atoms with Crippen molar-refractivity contribution in [1.82, 2.24) is 9.55 Å². The van der Waals surface area contributed by atoms with E-state index in [2.05, 4.69) is 4.98 Å². The summed E-state index contributed by atoms with van der Waals surface area (Å²) in [5, 5.41) is 0. The third-order valence-electron chi connectivity index (χ3n) is 3.78. The van der Waals surface area contributed by atoms with Crippen LogP contribution in [0.15, 0.2) is 17.2 Å². The predicted molar refractivity (Wildman–Crippen MR) is 77.5 cm³/mol. The van der Waals surface area contributed by atoms with Gasteiger partial charge in [0.2, 0.25) is 0 Å². The van der Waals surface area contributed by atoms with Crippen LogP contribution in [0.4, 0.5) is 5.82 Å². The number of anilines is 1. The molecule has 1 unspecified atom stereocenters. The zero-order valence-electron chi connectivity index (χ0n) is 12.3. The van der Waals surface area contributed by atoms with Crippen LogP contribution in [0.1, 0.15) is 33.6 Å². The third kappa shape index (κ3) is 2.81. The van der Waals surface area contributed by atoms with Crippen LogP contribution < -0.4 is 16.2 Å². The van der Waals surface area contributed by atoms with Crippen LogP contribution in [0.2, 0.25) is 0 Å². The Hall–Kier alpha value is -1.36. The van der Waals surface area contributed by atoms with E-state index < -0.39 is 0 Å². The van der Waals surface area contributed by atoms with Gasteiger partial charge in [-0.2, -0.15) is 0 Å². The largest absolute Gasteiger partial charge is 0.351 e. The van der Waals surface area contributed by atoms with Gasteiger partial charge in [-0.05, 0) is 39.5 Å². The molecule has 1 aromatic rings. The summed E-state index contributed by atoms with van der Waals surface area (Å²) in [6.45, 7) is 6.60. The van der Waals surface area contributed by atoms with Crippen molar-refractivity contribution >= 4 is 5.82 Å². The second-order valence-corrected chi connectivity index (χ2v) is 6.35. The Morgan fingerprint density at radius 1 is 1.53 bits per heavy atom. The van der Waals surface area contributed by atoms with E-state index >= 15 is 0 Å². The summed E-state index contributed by atoms with van der Waals surface area (Å²) >= 11 is 0. The molecule has 5 heteroatoms. The quantitative estimate of drug-likeness (QED) is 0.886. The van der Waals surface area contributed by atoms with Crippen molar-refractivity contribution in [3.8, 4) is 0 Å². The minimum absolute atomic E-state index is 0.0448. The normalized spacial score (nSPS) is 17.3. The second-order valence-electron chi connectivity index (χ2n) is 6.35. The molecule has 106 valence electrons. The second kappa shape index (κ2) is 4.96. The standard InChI is InChI=1S/C14H24N4O/c1-14(2,3)18-8-7-16-12(13(18)19)17(4)11(9-15)10-5-6-10/h7-8,10-11H,5-6,9,15H2,1-4H3. The molecule has 1 aliphatic rings. The van der Waals surface area contributed by atoms with Gasteiger partial charge in [0, 0.05) is 37.6 Å². The van der Waals surface area contributed by atoms with Gasteiger partial charge in [-0.1, -0.05) is 0 Å². The summed E-state index contributed by atoms with van der Waals surface area (Å²) in [4.78, 5) is 18.8. The lowest BCUT2D eigenvalue weighted by atomic mass is 10.1. The maximum absolute atomic E-state index is 12.5. The number of hydrogen-bond donors (Lipinski definition) is 1. The van der Waals surface area contributed by atoms with Crippen molar-refractivity contribution < 1.29 is 0 Å². The minimum atomic E-state index is -0.243. The van der Waals surface area contributed by atoms with E-state index in [1.54, 1.807) is 17.0 Å². The lowest BCUT2D eigenvalue weighted by Gasteiger charge is -2.29. The van der Waals surface area contributed by atoms with Crippen molar-refractivity contribution in [1.29, 1.82) is 0 Å². The smallest absolute Gasteiger partial charge is 0.293 e. The summed E-state index contributed by atoms with van der Waals surface area (Å²) in [5.41, 5.74) is 5.56. The van der Waals surface area contributed by atoms with Crippen LogP contribution in [0.3, 0.4) is 0 Å². The topological polar surface area (TPSA) is 64.2 Å². The molecule has 1 aliphatic carbocycles. The van der Waals surface area contributed by atoms with Crippen LogP contribution in [0.25, 0.3) is 0 Å². The van der Waals surface area contributed by atoms with E-state index in [0.29, 0.717) is 18.3 Å². The first-order chi connectivity index (χ1) is 8.86. The first-order valence-electron chi connectivity index (χ1n) is 6.87. The number of rotatable bonds is 4. The Morgan fingerprint density at radius 2 is 2.16 bits per heavy atom. The highest BCUT2D eigenvalue weighted by Crippen LogP contribution is 2.35. The Balaban J connectivity index is 2.37. The highest BCUT2D eigenvalue weighted by molar-refractivity contribution is 5.37. The maximum atomic E-state index is 12.5.